The molecule has 0 saturated carbocycles. The fourth-order valence-corrected chi connectivity index (χ4v) is 2.00. The van der Waals surface area contributed by atoms with Crippen LogP contribution in [0.4, 0.5) is 5.69 Å². The van der Waals surface area contributed by atoms with E-state index in [4.69, 9.17) is 17.3 Å². The molecule has 0 aliphatic rings. The number of nitrogens with two attached hydrogens (primary N) is 1. The van der Waals surface area contributed by atoms with Crippen LogP contribution in [0.1, 0.15) is 16.1 Å². The van der Waals surface area contributed by atoms with Crippen LogP contribution in [0.5, 0.6) is 0 Å². The molecule has 0 aliphatic carbocycles. The van der Waals surface area contributed by atoms with Crippen LogP contribution in [0.25, 0.3) is 0 Å². The minimum Gasteiger partial charge on any atom is -0.325 e. The first-order valence-corrected chi connectivity index (χ1v) is 6.68. The van der Waals surface area contributed by atoms with Crippen molar-refractivity contribution in [1.82, 2.24) is 4.98 Å². The Morgan fingerprint density at radius 3 is 2.84 bits per heavy atom. The van der Waals surface area contributed by atoms with E-state index in [1.165, 1.54) is 0 Å². The van der Waals surface area contributed by atoms with Crippen LogP contribution in [0, 0.1) is 0 Å². The number of amides is 1. The average Bonchev–Trinajstić information content (AvgIpc) is 2.43. The van der Waals surface area contributed by atoms with Gasteiger partial charge in [-0.25, -0.2) is 0 Å². The van der Waals surface area contributed by atoms with Gasteiger partial charge in [0.25, 0.3) is 5.91 Å². The van der Waals surface area contributed by atoms with Crippen LogP contribution >= 0.6 is 27.5 Å². The molecule has 0 fully saturated rings. The van der Waals surface area contributed by atoms with Gasteiger partial charge in [0, 0.05) is 28.5 Å². The molecule has 2 aromatic rings. The third-order valence-corrected chi connectivity index (χ3v) is 3.68. The van der Waals surface area contributed by atoms with Gasteiger partial charge in [-0.1, -0.05) is 11.6 Å². The highest BCUT2D eigenvalue weighted by molar-refractivity contribution is 9.10. The Bertz CT molecular complexity index is 619. The Hall–Kier alpha value is -1.43. The lowest BCUT2D eigenvalue weighted by atomic mass is 10.2. The maximum atomic E-state index is 12.1. The van der Waals surface area contributed by atoms with Gasteiger partial charge in [0.2, 0.25) is 0 Å². The van der Waals surface area contributed by atoms with Crippen LogP contribution in [0.15, 0.2) is 41.0 Å². The smallest absolute Gasteiger partial charge is 0.255 e. The van der Waals surface area contributed by atoms with E-state index in [2.05, 4.69) is 26.2 Å². The number of carbonyl (C=O) groups is 1. The highest BCUT2D eigenvalue weighted by atomic mass is 79.9. The van der Waals surface area contributed by atoms with Gasteiger partial charge in [-0.15, -0.1) is 0 Å². The van der Waals surface area contributed by atoms with Crippen molar-refractivity contribution in [3.63, 3.8) is 0 Å². The molecule has 3 N–H and O–H groups in total. The summed E-state index contributed by atoms with van der Waals surface area (Å²) in [6.45, 7) is 0.299. The van der Waals surface area contributed by atoms with E-state index in [1.807, 2.05) is 0 Å². The topological polar surface area (TPSA) is 68.0 Å². The summed E-state index contributed by atoms with van der Waals surface area (Å²) in [7, 11) is 0. The normalized spacial score (nSPS) is 10.3. The summed E-state index contributed by atoms with van der Waals surface area (Å²) in [5.74, 6) is -0.216. The van der Waals surface area contributed by atoms with Crippen LogP contribution in [0.3, 0.4) is 0 Å². The van der Waals surface area contributed by atoms with E-state index in [-0.39, 0.29) is 5.91 Å². The zero-order chi connectivity index (χ0) is 13.8. The van der Waals surface area contributed by atoms with Gasteiger partial charge in [0.1, 0.15) is 0 Å². The molecule has 1 aromatic heterocycles. The van der Waals surface area contributed by atoms with Crippen LogP contribution in [-0.4, -0.2) is 10.9 Å². The molecular formula is C13H11BrClN3O. The first kappa shape index (κ1) is 14.0. The maximum absolute atomic E-state index is 12.1. The minimum absolute atomic E-state index is 0.216. The first-order chi connectivity index (χ1) is 9.10. The number of benzene rings is 1. The summed E-state index contributed by atoms with van der Waals surface area (Å²) < 4.78 is 0.726. The number of hydrogen-bond acceptors (Lipinski definition) is 3. The number of aromatic nitrogens is 1. The molecule has 0 aliphatic heterocycles. The van der Waals surface area contributed by atoms with E-state index in [9.17, 15) is 4.79 Å². The molecule has 4 nitrogen and oxygen atoms in total. The number of nitrogens with one attached hydrogen (secondary N) is 1. The summed E-state index contributed by atoms with van der Waals surface area (Å²) in [5.41, 5.74) is 7.34. The van der Waals surface area contributed by atoms with Crippen molar-refractivity contribution < 1.29 is 4.79 Å². The largest absolute Gasteiger partial charge is 0.325 e. The van der Waals surface area contributed by atoms with Gasteiger partial charge in [-0.05, 0) is 46.3 Å². The molecule has 98 valence electrons. The van der Waals surface area contributed by atoms with E-state index in [0.717, 1.165) is 4.47 Å². The molecule has 2 rings (SSSR count). The molecular weight excluding hydrogens is 330 g/mol. The predicted molar refractivity (Wildman–Crippen MR) is 79.2 cm³/mol. The van der Waals surface area contributed by atoms with Crippen molar-refractivity contribution in [2.75, 3.05) is 5.32 Å². The summed E-state index contributed by atoms with van der Waals surface area (Å²) >= 11 is 9.20. The minimum atomic E-state index is -0.216. The molecule has 0 spiro atoms. The predicted octanol–water partition coefficient (Wildman–Crippen LogP) is 3.21. The number of nitrogens with zero attached hydrogens (tertiary/aromatic N) is 1. The first-order valence-electron chi connectivity index (χ1n) is 5.51. The van der Waals surface area contributed by atoms with Gasteiger partial charge >= 0.3 is 0 Å². The van der Waals surface area contributed by atoms with E-state index >= 15 is 0 Å². The lowest BCUT2D eigenvalue weighted by molar-refractivity contribution is 0.102. The van der Waals surface area contributed by atoms with E-state index in [1.54, 1.807) is 36.5 Å². The van der Waals surface area contributed by atoms with Crippen molar-refractivity contribution in [1.29, 1.82) is 0 Å². The summed E-state index contributed by atoms with van der Waals surface area (Å²) in [6, 6.07) is 8.49. The van der Waals surface area contributed by atoms with E-state index in [0.29, 0.717) is 28.5 Å². The van der Waals surface area contributed by atoms with E-state index < -0.39 is 0 Å². The fraction of sp³-hybridized carbons (Fsp3) is 0.0769. The molecule has 0 bridgehead atoms. The summed E-state index contributed by atoms with van der Waals surface area (Å²) in [6.07, 6.45) is 1.56. The third-order valence-electron chi connectivity index (χ3n) is 2.47. The molecule has 19 heavy (non-hydrogen) atoms. The lowest BCUT2D eigenvalue weighted by Gasteiger charge is -2.07. The quantitative estimate of drug-likeness (QED) is 0.901. The maximum Gasteiger partial charge on any atom is 0.255 e. The second kappa shape index (κ2) is 6.14. The number of rotatable bonds is 3. The standard InChI is InChI=1S/C13H11BrClN3O/c14-11-6-9(1-2-12(11)15)18-13(19)8-3-4-17-10(5-8)7-16/h1-6H,7,16H2,(H,18,19). The van der Waals surface area contributed by atoms with Crippen LogP contribution in [0.2, 0.25) is 5.02 Å². The Balaban J connectivity index is 2.18. The highest BCUT2D eigenvalue weighted by Gasteiger charge is 2.08. The Labute approximate surface area is 124 Å². The monoisotopic (exact) mass is 339 g/mol. The highest BCUT2D eigenvalue weighted by Crippen LogP contribution is 2.25. The Morgan fingerprint density at radius 1 is 1.37 bits per heavy atom. The number of pyridine rings is 1. The van der Waals surface area contributed by atoms with Gasteiger partial charge in [-0.3, -0.25) is 9.78 Å². The van der Waals surface area contributed by atoms with Gasteiger partial charge in [0.05, 0.1) is 10.7 Å². The van der Waals surface area contributed by atoms with Crippen molar-refractivity contribution in [2.24, 2.45) is 5.73 Å². The molecule has 1 heterocycles. The number of carbonyl (C=O) groups excluding carboxylic acids is 1. The zero-order valence-corrected chi connectivity index (χ0v) is 12.2. The second-order valence-electron chi connectivity index (χ2n) is 3.82. The molecule has 0 unspecified atom stereocenters. The van der Waals surface area contributed by atoms with Crippen molar-refractivity contribution in [3.8, 4) is 0 Å². The number of hydrogen-bond donors (Lipinski definition) is 2. The van der Waals surface area contributed by atoms with Gasteiger partial charge in [-0.2, -0.15) is 0 Å². The van der Waals surface area contributed by atoms with Crippen molar-refractivity contribution >= 4 is 39.1 Å². The molecule has 1 amide bonds. The summed E-state index contributed by atoms with van der Waals surface area (Å²) in [4.78, 5) is 16.1. The Kier molecular flexibility index (Phi) is 4.52. The molecule has 0 atom stereocenters. The SMILES string of the molecule is NCc1cc(C(=O)Nc2ccc(Cl)c(Br)c2)ccn1. The number of anilines is 1. The number of halogens is 2. The van der Waals surface area contributed by atoms with Crippen LogP contribution < -0.4 is 11.1 Å². The second-order valence-corrected chi connectivity index (χ2v) is 5.08. The van der Waals surface area contributed by atoms with Gasteiger partial charge in [0.15, 0.2) is 0 Å². The fourth-order valence-electron chi connectivity index (χ4n) is 1.51. The molecule has 6 heteroatoms. The average molecular weight is 341 g/mol. The lowest BCUT2D eigenvalue weighted by Crippen LogP contribution is -2.13. The molecule has 0 radical (unpaired) electrons. The van der Waals surface area contributed by atoms with Crippen molar-refractivity contribution in [2.45, 2.75) is 6.54 Å². The van der Waals surface area contributed by atoms with Gasteiger partial charge < -0.3 is 11.1 Å². The summed E-state index contributed by atoms with van der Waals surface area (Å²) in [5, 5.41) is 3.37. The Morgan fingerprint density at radius 2 is 2.16 bits per heavy atom. The zero-order valence-electron chi connectivity index (χ0n) is 9.86. The third kappa shape index (κ3) is 3.53. The van der Waals surface area contributed by atoms with Crippen LogP contribution in [-0.2, 0) is 6.54 Å². The molecule has 0 saturated heterocycles. The molecule has 1 aromatic carbocycles. The van der Waals surface area contributed by atoms with Crippen molar-refractivity contribution in [3.05, 3.63) is 57.3 Å².